The number of piperazine rings is 1. The fourth-order valence-electron chi connectivity index (χ4n) is 4.72. The van der Waals surface area contributed by atoms with Crippen molar-refractivity contribution < 1.29 is 28.8 Å². The van der Waals surface area contributed by atoms with Gasteiger partial charge in [-0.3, -0.25) is 24.5 Å². The van der Waals surface area contributed by atoms with Gasteiger partial charge >= 0.3 is 0 Å². The van der Waals surface area contributed by atoms with Crippen molar-refractivity contribution in [3.8, 4) is 17.2 Å². The number of non-ortho nitro benzene ring substituents is 1. The molecule has 5 rings (SSSR count). The van der Waals surface area contributed by atoms with E-state index in [0.717, 1.165) is 55.7 Å². The second-order valence-electron chi connectivity index (χ2n) is 10.4. The van der Waals surface area contributed by atoms with Crippen LogP contribution in [0.25, 0.3) is 6.08 Å². The van der Waals surface area contributed by atoms with E-state index in [1.807, 2.05) is 4.90 Å². The van der Waals surface area contributed by atoms with Crippen LogP contribution in [0.5, 0.6) is 17.2 Å². The Morgan fingerprint density at radius 1 is 0.886 bits per heavy atom. The number of ether oxygens (including phenoxy) is 2. The van der Waals surface area contributed by atoms with Crippen molar-refractivity contribution in [3.05, 3.63) is 93.4 Å². The number of hydrogen-bond acceptors (Lipinski definition) is 9. The molecular weight excluding hydrogens is 584 g/mol. The van der Waals surface area contributed by atoms with Gasteiger partial charge in [0.05, 0.1) is 22.1 Å². The number of carbonyl (C=O) groups is 3. The minimum absolute atomic E-state index is 0.0245. The van der Waals surface area contributed by atoms with Crippen molar-refractivity contribution in [1.82, 2.24) is 9.80 Å². The van der Waals surface area contributed by atoms with Gasteiger partial charge in [0, 0.05) is 44.7 Å². The van der Waals surface area contributed by atoms with Crippen LogP contribution in [-0.2, 0) is 9.59 Å². The zero-order chi connectivity index (χ0) is 31.1. The molecule has 0 unspecified atom stereocenters. The van der Waals surface area contributed by atoms with Gasteiger partial charge in [-0.25, -0.2) is 4.90 Å². The average Bonchev–Trinajstić information content (AvgIpc) is 3.30. The number of rotatable bonds is 11. The zero-order valence-corrected chi connectivity index (χ0v) is 25.0. The van der Waals surface area contributed by atoms with Gasteiger partial charge in [0.1, 0.15) is 17.2 Å². The third-order valence-electron chi connectivity index (χ3n) is 7.26. The highest BCUT2D eigenvalue weighted by atomic mass is 32.2. The molecule has 3 aromatic rings. The lowest BCUT2D eigenvalue weighted by molar-refractivity contribution is -0.384. The molecule has 0 radical (unpaired) electrons. The maximum atomic E-state index is 13.1. The summed E-state index contributed by atoms with van der Waals surface area (Å²) in [5.41, 5.74) is 1.14. The lowest BCUT2D eigenvalue weighted by Gasteiger charge is -2.32. The fraction of sp³-hybridized carbons (Fsp3) is 0.281. The molecule has 0 saturated carbocycles. The van der Waals surface area contributed by atoms with Gasteiger partial charge in [-0.2, -0.15) is 0 Å². The first-order chi connectivity index (χ1) is 21.3. The number of nitro benzene ring substituents is 1. The van der Waals surface area contributed by atoms with E-state index in [1.165, 1.54) is 24.3 Å². The molecular formula is C32H32N4O7S. The van der Waals surface area contributed by atoms with E-state index in [2.05, 4.69) is 11.9 Å². The highest BCUT2D eigenvalue weighted by Gasteiger charge is 2.36. The van der Waals surface area contributed by atoms with E-state index in [9.17, 15) is 24.5 Å². The van der Waals surface area contributed by atoms with Gasteiger partial charge in [-0.15, -0.1) is 0 Å². The highest BCUT2D eigenvalue weighted by molar-refractivity contribution is 8.19. The topological polar surface area (TPSA) is 123 Å². The molecule has 3 amide bonds. The molecule has 2 fully saturated rings. The quantitative estimate of drug-likeness (QED) is 0.111. The van der Waals surface area contributed by atoms with E-state index >= 15 is 0 Å². The number of likely N-dealkylation sites (N-methyl/N-ethyl adjacent to an activating group) is 1. The number of imide groups is 1. The van der Waals surface area contributed by atoms with Gasteiger partial charge < -0.3 is 19.3 Å². The van der Waals surface area contributed by atoms with Crippen molar-refractivity contribution in [2.24, 2.45) is 0 Å². The van der Waals surface area contributed by atoms with E-state index < -0.39 is 16.1 Å². The van der Waals surface area contributed by atoms with Crippen molar-refractivity contribution in [1.29, 1.82) is 0 Å². The number of anilines is 1. The van der Waals surface area contributed by atoms with E-state index in [0.29, 0.717) is 46.4 Å². The Labute approximate surface area is 259 Å². The average molecular weight is 617 g/mol. The molecule has 2 aliphatic heterocycles. The van der Waals surface area contributed by atoms with Gasteiger partial charge in [-0.05, 0) is 91.8 Å². The first-order valence-corrected chi connectivity index (χ1v) is 15.1. The van der Waals surface area contributed by atoms with Crippen molar-refractivity contribution in [3.63, 3.8) is 0 Å². The Balaban J connectivity index is 1.09. The number of nitro groups is 1. The Bertz CT molecular complexity index is 1530. The van der Waals surface area contributed by atoms with E-state index in [-0.39, 0.29) is 11.6 Å². The van der Waals surface area contributed by atoms with Gasteiger partial charge in [0.15, 0.2) is 0 Å². The van der Waals surface area contributed by atoms with Crippen LogP contribution in [-0.4, -0.2) is 71.6 Å². The number of benzene rings is 3. The largest absolute Gasteiger partial charge is 0.494 e. The lowest BCUT2D eigenvalue weighted by Crippen LogP contribution is -2.47. The molecule has 2 aliphatic rings. The van der Waals surface area contributed by atoms with Gasteiger partial charge in [-0.1, -0.05) is 12.1 Å². The van der Waals surface area contributed by atoms with Crippen molar-refractivity contribution in [2.45, 2.75) is 19.3 Å². The molecule has 0 aromatic heterocycles. The van der Waals surface area contributed by atoms with Crippen molar-refractivity contribution in [2.75, 3.05) is 44.7 Å². The van der Waals surface area contributed by atoms with Gasteiger partial charge in [0.25, 0.3) is 16.8 Å². The molecule has 0 bridgehead atoms. The predicted molar refractivity (Wildman–Crippen MR) is 168 cm³/mol. The summed E-state index contributed by atoms with van der Waals surface area (Å²) in [5.74, 6) is 1.38. The molecule has 0 N–H and O–H groups in total. The number of nitrogens with zero attached hydrogens (tertiary/aromatic N) is 4. The molecule has 44 heavy (non-hydrogen) atoms. The minimum Gasteiger partial charge on any atom is -0.494 e. The third-order valence-corrected chi connectivity index (χ3v) is 8.13. The summed E-state index contributed by atoms with van der Waals surface area (Å²) in [5, 5.41) is 10.4. The molecule has 2 heterocycles. The maximum absolute atomic E-state index is 13.1. The molecule has 0 aliphatic carbocycles. The summed E-state index contributed by atoms with van der Waals surface area (Å²) < 4.78 is 11.5. The second-order valence-corrected chi connectivity index (χ2v) is 11.4. The SMILES string of the molecule is CN1CCN(C(=O)CCCCOc2ccc(N3C(=O)SC(=Cc4ccc(Oc5ccc([N+](=O)[O-])cc5)cc4)C3=O)cc2)CC1. The van der Waals surface area contributed by atoms with Crippen LogP contribution in [0.4, 0.5) is 16.2 Å². The predicted octanol–water partition coefficient (Wildman–Crippen LogP) is 5.95. The third kappa shape index (κ3) is 7.82. The molecule has 228 valence electrons. The number of carbonyl (C=O) groups excluding carboxylic acids is 3. The van der Waals surface area contributed by atoms with Gasteiger partial charge in [0.2, 0.25) is 5.91 Å². The van der Waals surface area contributed by atoms with E-state index in [4.69, 9.17) is 9.47 Å². The Morgan fingerprint density at radius 3 is 2.14 bits per heavy atom. The number of thioether (sulfide) groups is 1. The molecule has 0 spiro atoms. The number of amides is 3. The Morgan fingerprint density at radius 2 is 1.50 bits per heavy atom. The monoisotopic (exact) mass is 616 g/mol. The molecule has 12 heteroatoms. The summed E-state index contributed by atoms with van der Waals surface area (Å²) in [6.45, 7) is 3.86. The maximum Gasteiger partial charge on any atom is 0.298 e. The van der Waals surface area contributed by atoms with Crippen LogP contribution < -0.4 is 14.4 Å². The Kier molecular flexibility index (Phi) is 9.93. The van der Waals surface area contributed by atoms with Crippen LogP contribution in [0.2, 0.25) is 0 Å². The molecule has 3 aromatic carbocycles. The number of hydrogen-bond donors (Lipinski definition) is 0. The second kappa shape index (κ2) is 14.2. The van der Waals surface area contributed by atoms with E-state index in [1.54, 1.807) is 54.6 Å². The van der Waals surface area contributed by atoms with Crippen LogP contribution >= 0.6 is 11.8 Å². The van der Waals surface area contributed by atoms with Crippen LogP contribution in [0.15, 0.2) is 77.7 Å². The fourth-order valence-corrected chi connectivity index (χ4v) is 5.56. The summed E-state index contributed by atoms with van der Waals surface area (Å²) in [6, 6.07) is 19.5. The molecule has 11 nitrogen and oxygen atoms in total. The van der Waals surface area contributed by atoms with Crippen LogP contribution in [0.3, 0.4) is 0 Å². The smallest absolute Gasteiger partial charge is 0.298 e. The number of unbranched alkanes of at least 4 members (excludes halogenated alkanes) is 1. The molecule has 2 saturated heterocycles. The summed E-state index contributed by atoms with van der Waals surface area (Å²) in [6.07, 6.45) is 3.66. The lowest BCUT2D eigenvalue weighted by atomic mass is 10.2. The normalized spacial score (nSPS) is 16.4. The first-order valence-electron chi connectivity index (χ1n) is 14.3. The molecule has 0 atom stereocenters. The minimum atomic E-state index is -0.477. The standard InChI is InChI=1S/C32H32N4O7S/c1-33-17-19-34(20-18-33)30(37)4-2-3-21-42-26-13-7-24(8-14-26)35-31(38)29(44-32(35)39)22-23-5-11-27(12-6-23)43-28-15-9-25(10-16-28)36(40)41/h5-16,22H,2-4,17-21H2,1H3. The summed E-state index contributed by atoms with van der Waals surface area (Å²) in [7, 11) is 2.06. The zero-order valence-electron chi connectivity index (χ0n) is 24.2. The Hall–Kier alpha value is -4.68. The van der Waals surface area contributed by atoms with Crippen LogP contribution in [0.1, 0.15) is 24.8 Å². The summed E-state index contributed by atoms with van der Waals surface area (Å²) >= 11 is 0.866. The summed E-state index contributed by atoms with van der Waals surface area (Å²) in [4.78, 5) is 54.1. The van der Waals surface area contributed by atoms with Crippen molar-refractivity contribution >= 4 is 46.3 Å². The first kappa shape index (κ1) is 30.8. The van der Waals surface area contributed by atoms with Crippen LogP contribution in [0, 0.1) is 10.1 Å². The highest BCUT2D eigenvalue weighted by Crippen LogP contribution is 2.36.